The van der Waals surface area contributed by atoms with Crippen LogP contribution in [-0.4, -0.2) is 18.5 Å². The highest BCUT2D eigenvalue weighted by atomic mass is 16.5. The van der Waals surface area contributed by atoms with Crippen LogP contribution < -0.4 is 0 Å². The lowest BCUT2D eigenvalue weighted by atomic mass is 9.52. The third kappa shape index (κ3) is 2.26. The molecule has 0 N–H and O–H groups in total. The summed E-state index contributed by atoms with van der Waals surface area (Å²) in [7, 11) is 1.72. The maximum atomic E-state index is 9.18. The molecule has 0 atom stereocenters. The molecule has 0 amide bonds. The maximum Gasteiger partial charge on any atom is 0.188 e. The van der Waals surface area contributed by atoms with Crippen LogP contribution in [0.2, 0.25) is 0 Å². The number of methoxy groups -OCH3 is 1. The molecule has 0 unspecified atom stereocenters. The number of hydrogen-bond acceptors (Lipinski definition) is 3. The summed E-state index contributed by atoms with van der Waals surface area (Å²) >= 11 is 0. The Bertz CT molecular complexity index is 405. The van der Waals surface area contributed by atoms with Gasteiger partial charge >= 0.3 is 0 Å². The van der Waals surface area contributed by atoms with E-state index in [1.807, 2.05) is 13.8 Å². The number of aliphatic imine (C=N–C) groups is 1. The highest BCUT2D eigenvalue weighted by molar-refractivity contribution is 5.80. The Kier molecular flexibility index (Phi) is 3.08. The van der Waals surface area contributed by atoms with Gasteiger partial charge in [0.05, 0.1) is 13.2 Å². The molecule has 0 aromatic heterocycles. The molecule has 0 aliphatic heterocycles. The van der Waals surface area contributed by atoms with Gasteiger partial charge in [-0.3, -0.25) is 0 Å². The summed E-state index contributed by atoms with van der Waals surface area (Å²) in [6.45, 7) is 3.73. The molecule has 104 valence electrons. The van der Waals surface area contributed by atoms with Crippen molar-refractivity contribution in [3.8, 4) is 6.07 Å². The van der Waals surface area contributed by atoms with Crippen molar-refractivity contribution in [2.75, 3.05) is 7.11 Å². The lowest BCUT2D eigenvalue weighted by molar-refractivity contribution is -0.0157. The molecule has 0 saturated heterocycles. The molecule has 4 rings (SSSR count). The maximum absolute atomic E-state index is 9.18. The molecule has 4 aliphatic carbocycles. The third-order valence-electron chi connectivity index (χ3n) is 5.38. The minimum atomic E-state index is -0.667. The molecule has 19 heavy (non-hydrogen) atoms. The Morgan fingerprint density at radius 1 is 1.11 bits per heavy atom. The predicted octanol–water partition coefficient (Wildman–Crippen LogP) is 3.41. The number of nitriles is 1. The molecule has 4 fully saturated rings. The van der Waals surface area contributed by atoms with E-state index in [-0.39, 0.29) is 0 Å². The van der Waals surface area contributed by atoms with Crippen LogP contribution in [0.25, 0.3) is 0 Å². The van der Waals surface area contributed by atoms with E-state index in [4.69, 9.17) is 4.74 Å². The smallest absolute Gasteiger partial charge is 0.188 e. The normalized spacial score (nSPS) is 41.2. The van der Waals surface area contributed by atoms with Gasteiger partial charge in [-0.05, 0) is 69.6 Å². The molecule has 3 heteroatoms. The number of rotatable bonds is 2. The van der Waals surface area contributed by atoms with Gasteiger partial charge in [0.25, 0.3) is 0 Å². The zero-order valence-corrected chi connectivity index (χ0v) is 12.2. The molecular formula is C16H24N2O. The van der Waals surface area contributed by atoms with E-state index in [1.54, 1.807) is 7.11 Å². The first-order valence-corrected chi connectivity index (χ1v) is 7.57. The van der Waals surface area contributed by atoms with Crippen molar-refractivity contribution in [3.05, 3.63) is 0 Å². The summed E-state index contributed by atoms with van der Waals surface area (Å²) in [4.78, 5) is 4.62. The predicted molar refractivity (Wildman–Crippen MR) is 74.7 cm³/mol. The molecule has 0 aromatic carbocycles. The van der Waals surface area contributed by atoms with Crippen molar-refractivity contribution in [1.82, 2.24) is 0 Å². The molecule has 4 aliphatic rings. The Balaban J connectivity index is 1.87. The van der Waals surface area contributed by atoms with Crippen molar-refractivity contribution in [3.63, 3.8) is 0 Å². The molecule has 0 aromatic rings. The monoisotopic (exact) mass is 260 g/mol. The van der Waals surface area contributed by atoms with Gasteiger partial charge in [0, 0.05) is 5.92 Å². The second kappa shape index (κ2) is 4.51. The Labute approximate surface area is 116 Å². The highest BCUT2D eigenvalue weighted by Crippen LogP contribution is 2.57. The minimum Gasteiger partial charge on any atom is -0.484 e. The van der Waals surface area contributed by atoms with Gasteiger partial charge in [-0.1, -0.05) is 0 Å². The van der Waals surface area contributed by atoms with Crippen LogP contribution in [0.4, 0.5) is 0 Å². The zero-order valence-electron chi connectivity index (χ0n) is 12.2. The van der Waals surface area contributed by atoms with Crippen LogP contribution >= 0.6 is 0 Å². The second-order valence-corrected chi connectivity index (χ2v) is 7.28. The fraction of sp³-hybridized carbons (Fsp3) is 0.875. The first-order valence-electron chi connectivity index (χ1n) is 7.57. The molecule has 0 spiro atoms. The van der Waals surface area contributed by atoms with Gasteiger partial charge in [-0.15, -0.1) is 0 Å². The van der Waals surface area contributed by atoms with Gasteiger partial charge in [0.15, 0.2) is 5.90 Å². The SMILES string of the molecule is COC(=NC(C)(C)C#N)C1C2CC3CC(C2)CC1C3. The lowest BCUT2D eigenvalue weighted by Crippen LogP contribution is -2.48. The van der Waals surface area contributed by atoms with Crippen molar-refractivity contribution >= 4 is 5.90 Å². The highest BCUT2D eigenvalue weighted by Gasteiger charge is 2.50. The van der Waals surface area contributed by atoms with E-state index in [9.17, 15) is 5.26 Å². The van der Waals surface area contributed by atoms with E-state index >= 15 is 0 Å². The van der Waals surface area contributed by atoms with Gasteiger partial charge in [-0.25, -0.2) is 4.99 Å². The van der Waals surface area contributed by atoms with Gasteiger partial charge < -0.3 is 4.74 Å². The van der Waals surface area contributed by atoms with Crippen molar-refractivity contribution < 1.29 is 4.74 Å². The summed E-state index contributed by atoms with van der Waals surface area (Å²) in [5.41, 5.74) is -0.667. The molecule has 0 radical (unpaired) electrons. The van der Waals surface area contributed by atoms with Crippen LogP contribution in [-0.2, 0) is 4.74 Å². The first kappa shape index (κ1) is 13.0. The largest absolute Gasteiger partial charge is 0.484 e. The van der Waals surface area contributed by atoms with E-state index in [1.165, 1.54) is 32.1 Å². The minimum absolute atomic E-state index is 0.477. The van der Waals surface area contributed by atoms with E-state index in [2.05, 4.69) is 11.1 Å². The standard InChI is InChI=1S/C16H24N2O/c1-16(2,9-17)18-15(19-3)14-12-5-10-4-11(7-12)8-13(14)6-10/h10-14H,4-8H2,1-3H3. The van der Waals surface area contributed by atoms with Crippen molar-refractivity contribution in [2.45, 2.75) is 51.5 Å². The second-order valence-electron chi connectivity index (χ2n) is 7.28. The van der Waals surface area contributed by atoms with Crippen LogP contribution in [0.15, 0.2) is 4.99 Å². The summed E-state index contributed by atoms with van der Waals surface area (Å²) in [5.74, 6) is 4.75. The van der Waals surface area contributed by atoms with Crippen LogP contribution in [0.1, 0.15) is 46.0 Å². The molecular weight excluding hydrogens is 236 g/mol. The van der Waals surface area contributed by atoms with Gasteiger partial charge in [-0.2, -0.15) is 5.26 Å². The third-order valence-corrected chi connectivity index (χ3v) is 5.38. The van der Waals surface area contributed by atoms with Crippen molar-refractivity contribution in [1.29, 1.82) is 5.26 Å². The van der Waals surface area contributed by atoms with Gasteiger partial charge in [0.2, 0.25) is 0 Å². The summed E-state index contributed by atoms with van der Waals surface area (Å²) in [5, 5.41) is 9.18. The Hall–Kier alpha value is -1.04. The summed E-state index contributed by atoms with van der Waals surface area (Å²) in [6, 6.07) is 2.26. The molecule has 3 nitrogen and oxygen atoms in total. The average molecular weight is 260 g/mol. The molecule has 4 bridgehead atoms. The first-order chi connectivity index (χ1) is 9.02. The van der Waals surface area contributed by atoms with Gasteiger partial charge in [0.1, 0.15) is 5.54 Å². The van der Waals surface area contributed by atoms with Crippen molar-refractivity contribution in [2.24, 2.45) is 34.6 Å². The Morgan fingerprint density at radius 2 is 1.63 bits per heavy atom. The molecule has 0 heterocycles. The topological polar surface area (TPSA) is 45.4 Å². The zero-order chi connectivity index (χ0) is 13.6. The van der Waals surface area contributed by atoms with Crippen LogP contribution in [0.3, 0.4) is 0 Å². The fourth-order valence-corrected chi connectivity index (χ4v) is 4.89. The lowest BCUT2D eigenvalue weighted by Gasteiger charge is -2.54. The summed E-state index contributed by atoms with van der Waals surface area (Å²) < 4.78 is 5.61. The van der Waals surface area contributed by atoms with E-state index < -0.39 is 5.54 Å². The van der Waals surface area contributed by atoms with Crippen LogP contribution in [0, 0.1) is 40.9 Å². The fourth-order valence-electron chi connectivity index (χ4n) is 4.89. The Morgan fingerprint density at radius 3 is 2.05 bits per heavy atom. The summed E-state index contributed by atoms with van der Waals surface area (Å²) in [6.07, 6.45) is 6.88. The quantitative estimate of drug-likeness (QED) is 0.564. The molecule has 4 saturated carbocycles. The number of nitrogens with zero attached hydrogens (tertiary/aromatic N) is 2. The number of hydrogen-bond donors (Lipinski definition) is 0. The van der Waals surface area contributed by atoms with E-state index in [0.29, 0.717) is 5.92 Å². The van der Waals surface area contributed by atoms with Crippen LogP contribution in [0.5, 0.6) is 0 Å². The number of ether oxygens (including phenoxy) is 1. The average Bonchev–Trinajstić information content (AvgIpc) is 2.36. The van der Waals surface area contributed by atoms with E-state index in [0.717, 1.165) is 29.6 Å².